The van der Waals surface area contributed by atoms with E-state index in [0.29, 0.717) is 11.8 Å². The number of aldehydes is 1. The van der Waals surface area contributed by atoms with Crippen LogP contribution in [0.25, 0.3) is 0 Å². The molecule has 13 heavy (non-hydrogen) atoms. The Labute approximate surface area is 73.2 Å². The Morgan fingerprint density at radius 3 is 2.15 bits per heavy atom. The minimum Gasteiger partial charge on any atom is -0.298 e. The van der Waals surface area contributed by atoms with Crippen molar-refractivity contribution in [3.8, 4) is 0 Å². The summed E-state index contributed by atoms with van der Waals surface area (Å²) in [5.41, 5.74) is -0.126. The zero-order valence-electron chi connectivity index (χ0n) is 6.64. The van der Waals surface area contributed by atoms with E-state index >= 15 is 0 Å². The molecule has 0 aliphatic heterocycles. The van der Waals surface area contributed by atoms with Crippen molar-refractivity contribution in [2.24, 2.45) is 0 Å². The highest BCUT2D eigenvalue weighted by Crippen LogP contribution is 2.28. The summed E-state index contributed by atoms with van der Waals surface area (Å²) in [4.78, 5) is 10.2. The summed E-state index contributed by atoms with van der Waals surface area (Å²) in [5.74, 6) is -3.46. The first-order valence-electron chi connectivity index (χ1n) is 3.59. The molecule has 4 heteroatoms. The molecule has 0 atom stereocenters. The molecule has 0 amide bonds. The first kappa shape index (κ1) is 9.77. The number of halogens is 3. The predicted molar refractivity (Wildman–Crippen MR) is 41.7 cm³/mol. The maximum Gasteiger partial charge on any atom is 0.301 e. The van der Waals surface area contributed by atoms with Crippen LogP contribution in [0.3, 0.4) is 0 Å². The second kappa shape index (κ2) is 3.60. The molecule has 1 nitrogen and oxygen atoms in total. The molecule has 0 saturated heterocycles. The summed E-state index contributed by atoms with van der Waals surface area (Å²) >= 11 is 0. The van der Waals surface area contributed by atoms with Crippen molar-refractivity contribution in [1.82, 2.24) is 0 Å². The van der Waals surface area contributed by atoms with Crippen LogP contribution < -0.4 is 0 Å². The van der Waals surface area contributed by atoms with Crippen molar-refractivity contribution in [3.63, 3.8) is 0 Å². The number of alkyl halides is 3. The summed E-state index contributed by atoms with van der Waals surface area (Å²) in [7, 11) is 0. The molecular weight excluding hydrogens is 181 g/mol. The fourth-order valence-corrected chi connectivity index (χ4v) is 0.883. The van der Waals surface area contributed by atoms with Crippen molar-refractivity contribution in [3.05, 3.63) is 35.4 Å². The molecule has 0 radical (unpaired) electrons. The first-order chi connectivity index (χ1) is 6.10. The van der Waals surface area contributed by atoms with E-state index in [1.54, 1.807) is 0 Å². The number of carbonyl (C=O) groups excluding carboxylic acids is 1. The largest absolute Gasteiger partial charge is 0.301 e. The highest BCUT2D eigenvalue weighted by Gasteiger charge is 2.31. The van der Waals surface area contributed by atoms with Gasteiger partial charge in [-0.15, -0.1) is 0 Å². The molecule has 1 aromatic carbocycles. The summed E-state index contributed by atoms with van der Waals surface area (Å²) in [6.45, 7) is -1.73. The topological polar surface area (TPSA) is 17.1 Å². The Balaban J connectivity index is 2.98. The van der Waals surface area contributed by atoms with Gasteiger partial charge >= 0.3 is 5.92 Å². The van der Waals surface area contributed by atoms with Crippen LogP contribution in [-0.4, -0.2) is 13.0 Å². The van der Waals surface area contributed by atoms with E-state index < -0.39 is 18.2 Å². The van der Waals surface area contributed by atoms with Crippen molar-refractivity contribution in [1.29, 1.82) is 0 Å². The monoisotopic (exact) mass is 188 g/mol. The van der Waals surface area contributed by atoms with E-state index in [2.05, 4.69) is 0 Å². The standard InChI is InChI=1S/C9H7F3O/c10-6-9(11,12)8-3-1-7(5-13)2-4-8/h1-5H,6H2. The zero-order chi connectivity index (χ0) is 9.90. The highest BCUT2D eigenvalue weighted by atomic mass is 19.3. The summed E-state index contributed by atoms with van der Waals surface area (Å²) in [5, 5.41) is 0. The van der Waals surface area contributed by atoms with Gasteiger partial charge in [0.05, 0.1) is 0 Å². The molecule has 0 bridgehead atoms. The average Bonchev–Trinajstić information content (AvgIpc) is 2.18. The van der Waals surface area contributed by atoms with E-state index in [0.717, 1.165) is 12.1 Å². The molecule has 0 unspecified atom stereocenters. The van der Waals surface area contributed by atoms with Gasteiger partial charge in [-0.2, -0.15) is 8.78 Å². The van der Waals surface area contributed by atoms with Crippen LogP contribution in [0.5, 0.6) is 0 Å². The maximum absolute atomic E-state index is 12.7. The molecular formula is C9H7F3O. The molecule has 0 saturated carbocycles. The third-order valence-electron chi connectivity index (χ3n) is 1.64. The Hall–Kier alpha value is -1.32. The minimum atomic E-state index is -3.46. The Bertz CT molecular complexity index is 292. The Morgan fingerprint density at radius 1 is 1.23 bits per heavy atom. The lowest BCUT2D eigenvalue weighted by Crippen LogP contribution is -2.15. The third kappa shape index (κ3) is 2.08. The van der Waals surface area contributed by atoms with Gasteiger partial charge in [0.1, 0.15) is 6.29 Å². The van der Waals surface area contributed by atoms with E-state index in [1.165, 1.54) is 12.1 Å². The second-order valence-corrected chi connectivity index (χ2v) is 2.58. The number of hydrogen-bond acceptors (Lipinski definition) is 1. The SMILES string of the molecule is O=Cc1ccc(C(F)(F)CF)cc1. The molecule has 1 rings (SSSR count). The van der Waals surface area contributed by atoms with E-state index in [-0.39, 0.29) is 0 Å². The van der Waals surface area contributed by atoms with Crippen molar-refractivity contribution >= 4 is 6.29 Å². The van der Waals surface area contributed by atoms with Crippen LogP contribution in [0.4, 0.5) is 13.2 Å². The van der Waals surface area contributed by atoms with Crippen molar-refractivity contribution < 1.29 is 18.0 Å². The van der Waals surface area contributed by atoms with E-state index in [1.807, 2.05) is 0 Å². The lowest BCUT2D eigenvalue weighted by atomic mass is 10.1. The van der Waals surface area contributed by atoms with Gasteiger partial charge in [0, 0.05) is 11.1 Å². The normalized spacial score (nSPS) is 11.3. The van der Waals surface area contributed by atoms with Crippen LogP contribution in [0.1, 0.15) is 15.9 Å². The van der Waals surface area contributed by atoms with Crippen molar-refractivity contribution in [2.45, 2.75) is 5.92 Å². The molecule has 1 aromatic rings. The molecule has 0 aliphatic rings. The van der Waals surface area contributed by atoms with Crippen molar-refractivity contribution in [2.75, 3.05) is 6.67 Å². The quantitative estimate of drug-likeness (QED) is 0.666. The fraction of sp³-hybridized carbons (Fsp3) is 0.222. The van der Waals surface area contributed by atoms with Gasteiger partial charge in [-0.1, -0.05) is 24.3 Å². The maximum atomic E-state index is 12.7. The molecule has 0 spiro atoms. The highest BCUT2D eigenvalue weighted by molar-refractivity contribution is 5.74. The number of benzene rings is 1. The summed E-state index contributed by atoms with van der Waals surface area (Å²) < 4.78 is 37.1. The number of hydrogen-bond donors (Lipinski definition) is 0. The van der Waals surface area contributed by atoms with E-state index in [4.69, 9.17) is 0 Å². The minimum absolute atomic E-state index is 0.290. The lowest BCUT2D eigenvalue weighted by Gasteiger charge is -2.11. The predicted octanol–water partition coefficient (Wildman–Crippen LogP) is 2.56. The van der Waals surface area contributed by atoms with Gasteiger partial charge in [-0.3, -0.25) is 4.79 Å². The van der Waals surface area contributed by atoms with E-state index in [9.17, 15) is 18.0 Å². The third-order valence-corrected chi connectivity index (χ3v) is 1.64. The van der Waals surface area contributed by atoms with Gasteiger partial charge in [0.2, 0.25) is 0 Å². The van der Waals surface area contributed by atoms with Gasteiger partial charge in [0.15, 0.2) is 6.67 Å². The molecule has 0 heterocycles. The lowest BCUT2D eigenvalue weighted by molar-refractivity contribution is -0.0280. The van der Waals surface area contributed by atoms with Gasteiger partial charge < -0.3 is 0 Å². The average molecular weight is 188 g/mol. The zero-order valence-corrected chi connectivity index (χ0v) is 6.64. The van der Waals surface area contributed by atoms with Crippen LogP contribution in [0, 0.1) is 0 Å². The number of carbonyl (C=O) groups is 1. The fourth-order valence-electron chi connectivity index (χ4n) is 0.883. The molecule has 0 fully saturated rings. The molecule has 0 aromatic heterocycles. The Morgan fingerprint density at radius 2 is 1.77 bits per heavy atom. The van der Waals surface area contributed by atoms with Gasteiger partial charge in [-0.05, 0) is 0 Å². The summed E-state index contributed by atoms with van der Waals surface area (Å²) in [6, 6.07) is 4.55. The smallest absolute Gasteiger partial charge is 0.298 e. The molecule has 0 aliphatic carbocycles. The molecule has 0 N–H and O–H groups in total. The summed E-state index contributed by atoms with van der Waals surface area (Å²) in [6.07, 6.45) is 0.539. The van der Waals surface area contributed by atoms with Crippen LogP contribution in [0.15, 0.2) is 24.3 Å². The Kier molecular flexibility index (Phi) is 2.70. The van der Waals surface area contributed by atoms with Crippen LogP contribution >= 0.6 is 0 Å². The van der Waals surface area contributed by atoms with Crippen LogP contribution in [-0.2, 0) is 5.92 Å². The number of rotatable bonds is 3. The van der Waals surface area contributed by atoms with Gasteiger partial charge in [0.25, 0.3) is 0 Å². The van der Waals surface area contributed by atoms with Gasteiger partial charge in [-0.25, -0.2) is 4.39 Å². The second-order valence-electron chi connectivity index (χ2n) is 2.58. The molecule has 70 valence electrons. The first-order valence-corrected chi connectivity index (χ1v) is 3.59. The van der Waals surface area contributed by atoms with Crippen LogP contribution in [0.2, 0.25) is 0 Å².